The Morgan fingerprint density at radius 2 is 1.89 bits per heavy atom. The number of nitrogens with one attached hydrogen (secondary N) is 1. The summed E-state index contributed by atoms with van der Waals surface area (Å²) in [5, 5.41) is 3.80. The molecular weight excluding hydrogens is 372 g/mol. The quantitative estimate of drug-likeness (QED) is 0.536. The van der Waals surface area contributed by atoms with Crippen LogP contribution < -0.4 is 24.4 Å². The molecule has 0 saturated heterocycles. The van der Waals surface area contributed by atoms with E-state index in [0.717, 1.165) is 28.5 Å². The summed E-state index contributed by atoms with van der Waals surface area (Å²) >= 11 is 5.65. The molecule has 0 aromatic heterocycles. The van der Waals surface area contributed by atoms with E-state index in [9.17, 15) is 0 Å². The molecule has 0 radical (unpaired) electrons. The van der Waals surface area contributed by atoms with Crippen LogP contribution in [0.25, 0.3) is 0 Å². The highest BCUT2D eigenvalue weighted by molar-refractivity contribution is 7.80. The molecule has 3 rings (SSSR count). The van der Waals surface area contributed by atoms with Crippen molar-refractivity contribution in [3.63, 3.8) is 0 Å². The second-order valence-corrected chi connectivity index (χ2v) is 6.48. The van der Waals surface area contributed by atoms with Crippen LogP contribution in [0, 0.1) is 0 Å². The highest BCUT2D eigenvalue weighted by Gasteiger charge is 2.19. The Morgan fingerprint density at radius 3 is 2.68 bits per heavy atom. The number of ether oxygens (including phenoxy) is 3. The van der Waals surface area contributed by atoms with E-state index < -0.39 is 0 Å². The number of hydrogen-bond donors (Lipinski definition) is 1. The number of anilines is 1. The van der Waals surface area contributed by atoms with Gasteiger partial charge in [0, 0.05) is 23.9 Å². The van der Waals surface area contributed by atoms with Crippen molar-refractivity contribution in [2.45, 2.75) is 6.54 Å². The monoisotopic (exact) mass is 396 g/mol. The molecular formula is C22H24N2O3S. The summed E-state index contributed by atoms with van der Waals surface area (Å²) in [7, 11) is 0. The second kappa shape index (κ2) is 9.80. The Balaban J connectivity index is 1.91. The van der Waals surface area contributed by atoms with Gasteiger partial charge in [0.05, 0.1) is 6.54 Å². The van der Waals surface area contributed by atoms with Crippen LogP contribution in [-0.2, 0) is 6.54 Å². The molecule has 0 fully saturated rings. The SMILES string of the molecule is C=CCNC(=S)N(Cc1ccccc1OCC=C)c1ccc2c(c1)OCCO2. The lowest BCUT2D eigenvalue weighted by Crippen LogP contribution is -2.39. The van der Waals surface area contributed by atoms with Crippen molar-refractivity contribution in [2.75, 3.05) is 31.3 Å². The lowest BCUT2D eigenvalue weighted by Gasteiger charge is -2.28. The zero-order chi connectivity index (χ0) is 19.8. The minimum absolute atomic E-state index is 0.445. The van der Waals surface area contributed by atoms with Crippen LogP contribution in [0.15, 0.2) is 67.8 Å². The van der Waals surface area contributed by atoms with Crippen molar-refractivity contribution in [1.29, 1.82) is 0 Å². The molecule has 0 unspecified atom stereocenters. The van der Waals surface area contributed by atoms with E-state index >= 15 is 0 Å². The maximum absolute atomic E-state index is 5.81. The van der Waals surface area contributed by atoms with Gasteiger partial charge in [-0.3, -0.25) is 0 Å². The summed E-state index contributed by atoms with van der Waals surface area (Å²) in [5.41, 5.74) is 1.92. The Kier molecular flexibility index (Phi) is 6.92. The molecule has 0 bridgehead atoms. The minimum atomic E-state index is 0.445. The second-order valence-electron chi connectivity index (χ2n) is 6.10. The summed E-state index contributed by atoms with van der Waals surface area (Å²) in [6.07, 6.45) is 3.50. The van der Waals surface area contributed by atoms with Gasteiger partial charge in [-0.05, 0) is 30.4 Å². The molecule has 2 aromatic rings. The lowest BCUT2D eigenvalue weighted by molar-refractivity contribution is 0.171. The fraction of sp³-hybridized carbons (Fsp3) is 0.227. The van der Waals surface area contributed by atoms with E-state index in [1.54, 1.807) is 12.2 Å². The molecule has 1 heterocycles. The molecule has 0 spiro atoms. The Morgan fingerprint density at radius 1 is 1.11 bits per heavy atom. The average Bonchev–Trinajstić information content (AvgIpc) is 2.74. The van der Waals surface area contributed by atoms with Crippen LogP contribution in [0.5, 0.6) is 17.2 Å². The number of nitrogens with zero attached hydrogens (tertiary/aromatic N) is 1. The van der Waals surface area contributed by atoms with E-state index in [-0.39, 0.29) is 0 Å². The molecule has 1 aliphatic heterocycles. The molecule has 28 heavy (non-hydrogen) atoms. The van der Waals surface area contributed by atoms with Crippen molar-refractivity contribution in [3.8, 4) is 17.2 Å². The van der Waals surface area contributed by atoms with E-state index in [4.69, 9.17) is 26.4 Å². The summed E-state index contributed by atoms with van der Waals surface area (Å²) in [6, 6.07) is 13.7. The first-order chi connectivity index (χ1) is 13.7. The molecule has 1 N–H and O–H groups in total. The van der Waals surface area contributed by atoms with Gasteiger partial charge < -0.3 is 24.4 Å². The Bertz CT molecular complexity index is 853. The van der Waals surface area contributed by atoms with Crippen molar-refractivity contribution in [3.05, 3.63) is 73.3 Å². The molecule has 0 aliphatic carbocycles. The van der Waals surface area contributed by atoms with Gasteiger partial charge in [0.25, 0.3) is 0 Å². The average molecular weight is 397 g/mol. The van der Waals surface area contributed by atoms with Crippen molar-refractivity contribution < 1.29 is 14.2 Å². The Hall–Kier alpha value is -2.99. The lowest BCUT2D eigenvalue weighted by atomic mass is 10.1. The van der Waals surface area contributed by atoms with E-state index in [1.807, 2.05) is 47.4 Å². The Labute approximate surface area is 171 Å². The fourth-order valence-electron chi connectivity index (χ4n) is 2.83. The highest BCUT2D eigenvalue weighted by atomic mass is 32.1. The highest BCUT2D eigenvalue weighted by Crippen LogP contribution is 2.35. The predicted molar refractivity (Wildman–Crippen MR) is 117 cm³/mol. The fourth-order valence-corrected chi connectivity index (χ4v) is 3.08. The number of thiocarbonyl (C=S) groups is 1. The van der Waals surface area contributed by atoms with Crippen molar-refractivity contribution in [1.82, 2.24) is 5.32 Å². The van der Waals surface area contributed by atoms with Gasteiger partial charge in [-0.25, -0.2) is 0 Å². The topological polar surface area (TPSA) is 43.0 Å². The summed E-state index contributed by atoms with van der Waals surface area (Å²) in [5.74, 6) is 2.27. The molecule has 6 heteroatoms. The van der Waals surface area contributed by atoms with Gasteiger partial charge in [0.1, 0.15) is 25.6 Å². The summed E-state index contributed by atoms with van der Waals surface area (Å²) in [6.45, 7) is 10.1. The first kappa shape index (κ1) is 19.8. The number of rotatable bonds is 8. The predicted octanol–water partition coefficient (Wildman–Crippen LogP) is 4.09. The van der Waals surface area contributed by atoms with Gasteiger partial charge in [-0.2, -0.15) is 0 Å². The molecule has 0 atom stereocenters. The van der Waals surface area contributed by atoms with Gasteiger partial charge in [0.2, 0.25) is 0 Å². The largest absolute Gasteiger partial charge is 0.489 e. The summed E-state index contributed by atoms with van der Waals surface area (Å²) in [4.78, 5) is 2.01. The molecule has 5 nitrogen and oxygen atoms in total. The number of para-hydroxylation sites is 1. The molecule has 146 valence electrons. The van der Waals surface area contributed by atoms with Gasteiger partial charge >= 0.3 is 0 Å². The van der Waals surface area contributed by atoms with Crippen molar-refractivity contribution >= 4 is 23.0 Å². The third-order valence-electron chi connectivity index (χ3n) is 4.14. The molecule has 1 aliphatic rings. The first-order valence-corrected chi connectivity index (χ1v) is 9.51. The maximum atomic E-state index is 5.81. The minimum Gasteiger partial charge on any atom is -0.489 e. The zero-order valence-corrected chi connectivity index (χ0v) is 16.5. The van der Waals surface area contributed by atoms with E-state index in [1.165, 1.54) is 0 Å². The van der Waals surface area contributed by atoms with Crippen LogP contribution >= 0.6 is 12.2 Å². The van der Waals surface area contributed by atoms with Crippen LogP contribution in [0.4, 0.5) is 5.69 Å². The van der Waals surface area contributed by atoms with Crippen molar-refractivity contribution in [2.24, 2.45) is 0 Å². The van der Waals surface area contributed by atoms with Gasteiger partial charge in [-0.1, -0.05) is 36.9 Å². The zero-order valence-electron chi connectivity index (χ0n) is 15.7. The van der Waals surface area contributed by atoms with Crippen LogP contribution in [0.3, 0.4) is 0 Å². The van der Waals surface area contributed by atoms with E-state index in [2.05, 4.69) is 18.5 Å². The summed E-state index contributed by atoms with van der Waals surface area (Å²) < 4.78 is 17.2. The molecule has 2 aromatic carbocycles. The van der Waals surface area contributed by atoms with Gasteiger partial charge in [-0.15, -0.1) is 6.58 Å². The standard InChI is InChI=1S/C22H24N2O3S/c1-3-11-23-22(28)24(16-17-7-5-6-8-19(17)25-12-4-2)18-9-10-20-21(15-18)27-14-13-26-20/h3-10,15H,1-2,11-14,16H2,(H,23,28). The third kappa shape index (κ3) is 4.84. The van der Waals surface area contributed by atoms with Gasteiger partial charge in [0.15, 0.2) is 16.6 Å². The molecule has 0 amide bonds. The molecule has 0 saturated carbocycles. The van der Waals surface area contributed by atoms with E-state index in [0.29, 0.717) is 38.0 Å². The van der Waals surface area contributed by atoms with Crippen LogP contribution in [-0.4, -0.2) is 31.5 Å². The smallest absolute Gasteiger partial charge is 0.174 e. The number of benzene rings is 2. The number of hydrogen-bond acceptors (Lipinski definition) is 4. The maximum Gasteiger partial charge on any atom is 0.174 e. The third-order valence-corrected chi connectivity index (χ3v) is 4.50. The normalized spacial score (nSPS) is 12.0. The first-order valence-electron chi connectivity index (χ1n) is 9.10. The van der Waals surface area contributed by atoms with Crippen LogP contribution in [0.1, 0.15) is 5.56 Å². The number of fused-ring (bicyclic) bond motifs is 1. The van der Waals surface area contributed by atoms with Crippen LogP contribution in [0.2, 0.25) is 0 Å².